The van der Waals surface area contributed by atoms with Gasteiger partial charge in [0.05, 0.1) is 11.5 Å². The lowest BCUT2D eigenvalue weighted by Crippen LogP contribution is -2.61. The number of rotatable bonds is 1. The van der Waals surface area contributed by atoms with E-state index in [0.717, 1.165) is 0 Å². The Labute approximate surface area is 145 Å². The number of hydrogen-bond acceptors (Lipinski definition) is 3. The number of hydrazone groups is 1. The van der Waals surface area contributed by atoms with Gasteiger partial charge < -0.3 is 5.11 Å². The van der Waals surface area contributed by atoms with Crippen molar-refractivity contribution < 1.29 is 23.1 Å². The van der Waals surface area contributed by atoms with E-state index < -0.39 is 23.7 Å². The molecule has 2 aliphatic rings. The van der Waals surface area contributed by atoms with Crippen LogP contribution in [0.25, 0.3) is 0 Å². The highest BCUT2D eigenvalue weighted by Gasteiger charge is 2.69. The van der Waals surface area contributed by atoms with Crippen molar-refractivity contribution in [1.29, 1.82) is 0 Å². The van der Waals surface area contributed by atoms with Gasteiger partial charge in [-0.25, -0.2) is 0 Å². The summed E-state index contributed by atoms with van der Waals surface area (Å²) in [6.45, 7) is 1.77. The van der Waals surface area contributed by atoms with Crippen molar-refractivity contribution in [1.82, 2.24) is 5.01 Å². The Morgan fingerprint density at radius 2 is 2.04 bits per heavy atom. The quantitative estimate of drug-likeness (QED) is 0.770. The molecule has 0 saturated heterocycles. The lowest BCUT2D eigenvalue weighted by atomic mass is 9.75. The molecule has 1 amide bonds. The van der Waals surface area contributed by atoms with Crippen molar-refractivity contribution >= 4 is 27.5 Å². The molecule has 130 valence electrons. The van der Waals surface area contributed by atoms with E-state index in [1.807, 2.05) is 0 Å². The van der Waals surface area contributed by atoms with Crippen LogP contribution in [-0.2, 0) is 0 Å². The number of carbonyl (C=O) groups is 1. The van der Waals surface area contributed by atoms with E-state index >= 15 is 0 Å². The van der Waals surface area contributed by atoms with E-state index in [4.69, 9.17) is 0 Å². The summed E-state index contributed by atoms with van der Waals surface area (Å²) in [5.74, 6) is -2.39. The zero-order valence-electron chi connectivity index (χ0n) is 12.8. The minimum absolute atomic E-state index is 0.0239. The van der Waals surface area contributed by atoms with E-state index in [9.17, 15) is 23.1 Å². The molecule has 4 nitrogen and oxygen atoms in total. The zero-order valence-corrected chi connectivity index (χ0v) is 14.4. The molecule has 1 fully saturated rings. The lowest BCUT2D eigenvalue weighted by Gasteiger charge is -2.39. The van der Waals surface area contributed by atoms with Crippen molar-refractivity contribution in [2.45, 2.75) is 38.1 Å². The van der Waals surface area contributed by atoms with Crippen molar-refractivity contribution in [2.24, 2.45) is 16.9 Å². The van der Waals surface area contributed by atoms with Gasteiger partial charge in [-0.3, -0.25) is 4.79 Å². The van der Waals surface area contributed by atoms with Gasteiger partial charge in [-0.15, -0.1) is 0 Å². The second-order valence-corrected chi connectivity index (χ2v) is 7.08. The Balaban J connectivity index is 2.10. The summed E-state index contributed by atoms with van der Waals surface area (Å²) >= 11 is 3.16. The van der Waals surface area contributed by atoms with Crippen molar-refractivity contribution in [3.8, 4) is 0 Å². The number of carbonyl (C=O) groups excluding carboxylic acids is 1. The molecule has 0 unspecified atom stereocenters. The van der Waals surface area contributed by atoms with Gasteiger partial charge in [0.1, 0.15) is 0 Å². The van der Waals surface area contributed by atoms with E-state index in [2.05, 4.69) is 21.0 Å². The van der Waals surface area contributed by atoms with Crippen LogP contribution in [0.1, 0.15) is 36.5 Å². The van der Waals surface area contributed by atoms with Gasteiger partial charge in [0.2, 0.25) is 0 Å². The molecule has 0 aromatic heterocycles. The SMILES string of the molecule is C[C@@H]1CCC[C@H]2C1=NN(C(=O)c1ccccc1Br)[C@@]2(O)C(F)(F)F. The Morgan fingerprint density at radius 3 is 2.67 bits per heavy atom. The third-order valence-electron chi connectivity index (χ3n) is 4.73. The normalized spacial score (nSPS) is 30.1. The van der Waals surface area contributed by atoms with Gasteiger partial charge in [-0.1, -0.05) is 25.5 Å². The van der Waals surface area contributed by atoms with Gasteiger partial charge in [0.15, 0.2) is 0 Å². The predicted molar refractivity (Wildman–Crippen MR) is 85.3 cm³/mol. The molecule has 0 spiro atoms. The molecule has 3 atom stereocenters. The highest BCUT2D eigenvalue weighted by Crippen LogP contribution is 2.49. The molecule has 1 aliphatic heterocycles. The van der Waals surface area contributed by atoms with Gasteiger partial charge in [0, 0.05) is 10.2 Å². The summed E-state index contributed by atoms with van der Waals surface area (Å²) in [7, 11) is 0. The molecule has 8 heteroatoms. The monoisotopic (exact) mass is 404 g/mol. The average Bonchev–Trinajstić information content (AvgIpc) is 2.83. The Morgan fingerprint density at radius 1 is 1.38 bits per heavy atom. The van der Waals surface area contributed by atoms with Gasteiger partial charge in [-0.2, -0.15) is 23.3 Å². The average molecular weight is 405 g/mol. The largest absolute Gasteiger partial charge is 0.439 e. The molecule has 3 rings (SSSR count). The predicted octanol–water partition coefficient (Wildman–Crippen LogP) is 3.95. The number of halogens is 4. The maximum Gasteiger partial charge on any atom is 0.439 e. The van der Waals surface area contributed by atoms with Crippen LogP contribution in [-0.4, -0.2) is 33.6 Å². The minimum atomic E-state index is -5.00. The summed E-state index contributed by atoms with van der Waals surface area (Å²) < 4.78 is 41.6. The number of amides is 1. The second kappa shape index (κ2) is 5.84. The van der Waals surface area contributed by atoms with Gasteiger partial charge in [0.25, 0.3) is 11.6 Å². The fourth-order valence-corrected chi connectivity index (χ4v) is 3.90. The highest BCUT2D eigenvalue weighted by molar-refractivity contribution is 9.10. The molecular formula is C16H16BrF3N2O2. The van der Waals surface area contributed by atoms with E-state index in [1.165, 1.54) is 6.07 Å². The Bertz CT molecular complexity index is 707. The topological polar surface area (TPSA) is 52.9 Å². The van der Waals surface area contributed by atoms with Crippen LogP contribution in [0.15, 0.2) is 33.8 Å². The number of benzene rings is 1. The molecule has 1 saturated carbocycles. The maximum atomic E-state index is 13.7. The number of hydrogen-bond donors (Lipinski definition) is 1. The first kappa shape index (κ1) is 17.4. The van der Waals surface area contributed by atoms with Gasteiger partial charge >= 0.3 is 6.18 Å². The van der Waals surface area contributed by atoms with Gasteiger partial charge in [-0.05, 0) is 46.8 Å². The smallest absolute Gasteiger partial charge is 0.362 e. The third kappa shape index (κ3) is 2.47. The Kier molecular flexibility index (Phi) is 4.24. The van der Waals surface area contributed by atoms with E-state index in [0.29, 0.717) is 17.3 Å². The molecule has 1 heterocycles. The number of alkyl halides is 3. The van der Waals surface area contributed by atoms with Crippen LogP contribution in [0.5, 0.6) is 0 Å². The van der Waals surface area contributed by atoms with Crippen LogP contribution in [0, 0.1) is 11.8 Å². The summed E-state index contributed by atoms with van der Waals surface area (Å²) in [6, 6.07) is 6.14. The Hall–Kier alpha value is -1.41. The molecule has 1 N–H and O–H groups in total. The maximum absolute atomic E-state index is 13.7. The fourth-order valence-electron chi connectivity index (χ4n) is 3.45. The first-order chi connectivity index (χ1) is 11.2. The number of nitrogens with zero attached hydrogens (tertiary/aromatic N) is 2. The lowest BCUT2D eigenvalue weighted by molar-refractivity contribution is -0.312. The van der Waals surface area contributed by atoms with Crippen LogP contribution in [0.3, 0.4) is 0 Å². The number of aliphatic hydroxyl groups is 1. The molecular weight excluding hydrogens is 389 g/mol. The van der Waals surface area contributed by atoms with Crippen LogP contribution < -0.4 is 0 Å². The van der Waals surface area contributed by atoms with E-state index in [-0.39, 0.29) is 28.6 Å². The molecule has 24 heavy (non-hydrogen) atoms. The number of fused-ring (bicyclic) bond motifs is 1. The first-order valence-electron chi connectivity index (χ1n) is 7.64. The van der Waals surface area contributed by atoms with Crippen LogP contribution >= 0.6 is 15.9 Å². The highest BCUT2D eigenvalue weighted by atomic mass is 79.9. The van der Waals surface area contributed by atoms with Crippen molar-refractivity contribution in [3.63, 3.8) is 0 Å². The molecule has 0 bridgehead atoms. The first-order valence-corrected chi connectivity index (χ1v) is 8.43. The third-order valence-corrected chi connectivity index (χ3v) is 5.42. The zero-order chi connectivity index (χ0) is 17.7. The van der Waals surface area contributed by atoms with E-state index in [1.54, 1.807) is 25.1 Å². The van der Waals surface area contributed by atoms with Crippen molar-refractivity contribution in [2.75, 3.05) is 0 Å². The van der Waals surface area contributed by atoms with Crippen LogP contribution in [0.2, 0.25) is 0 Å². The van der Waals surface area contributed by atoms with Crippen molar-refractivity contribution in [3.05, 3.63) is 34.3 Å². The fraction of sp³-hybridized carbons (Fsp3) is 0.500. The minimum Gasteiger partial charge on any atom is -0.362 e. The molecule has 1 aromatic rings. The molecule has 1 aliphatic carbocycles. The van der Waals surface area contributed by atoms with Crippen LogP contribution in [0.4, 0.5) is 13.2 Å². The standard InChI is InChI=1S/C16H16BrF3N2O2/c1-9-5-4-7-11-13(9)21-22(15(11,24)16(18,19)20)14(23)10-6-2-3-8-12(10)17/h2-3,6,8-9,11,24H,4-5,7H2,1H3/t9-,11+,15+/m1/s1. The molecule has 1 aromatic carbocycles. The summed E-state index contributed by atoms with van der Waals surface area (Å²) in [5.41, 5.74) is -3.03. The summed E-state index contributed by atoms with van der Waals surface area (Å²) in [6.07, 6.45) is -3.60. The summed E-state index contributed by atoms with van der Waals surface area (Å²) in [4.78, 5) is 12.7. The summed E-state index contributed by atoms with van der Waals surface area (Å²) in [5, 5.41) is 14.7. The second-order valence-electron chi connectivity index (χ2n) is 6.23. The molecule has 0 radical (unpaired) electrons.